The first-order valence-electron chi connectivity index (χ1n) is 8.28. The van der Waals surface area contributed by atoms with E-state index in [1.54, 1.807) is 19.2 Å². The van der Waals surface area contributed by atoms with E-state index in [9.17, 15) is 4.79 Å². The van der Waals surface area contributed by atoms with Gasteiger partial charge in [-0.25, -0.2) is 0 Å². The Balaban J connectivity index is 0.00000576. The van der Waals surface area contributed by atoms with Gasteiger partial charge in [0.15, 0.2) is 5.96 Å². The van der Waals surface area contributed by atoms with E-state index in [0.717, 1.165) is 18.4 Å². The van der Waals surface area contributed by atoms with Crippen molar-refractivity contribution in [3.05, 3.63) is 29.8 Å². The molecule has 0 bridgehead atoms. The van der Waals surface area contributed by atoms with Gasteiger partial charge in [-0.05, 0) is 43.9 Å². The predicted octanol–water partition coefficient (Wildman–Crippen LogP) is 3.21. The minimum absolute atomic E-state index is 0. The third-order valence-corrected chi connectivity index (χ3v) is 3.51. The van der Waals surface area contributed by atoms with Crippen LogP contribution in [0.2, 0.25) is 0 Å². The molecule has 1 atom stereocenters. The highest BCUT2D eigenvalue weighted by atomic mass is 127. The molecular formula is C19H29IN4O. The van der Waals surface area contributed by atoms with E-state index in [2.05, 4.69) is 47.6 Å². The molecule has 1 amide bonds. The molecular weight excluding hydrogens is 427 g/mol. The Morgan fingerprint density at radius 2 is 2.00 bits per heavy atom. The van der Waals surface area contributed by atoms with Gasteiger partial charge in [-0.1, -0.05) is 25.8 Å². The van der Waals surface area contributed by atoms with Crippen LogP contribution in [-0.4, -0.2) is 31.5 Å². The standard InChI is InChI=1S/C19H28N4O.HI/c1-6-16-8-7-9-17(12-16)23-18(24)13-21-19(20-5)22-15(4)11-10-14(2)3;/h1,7-9,12,14-15H,10-11,13H2,2-5H3,(H,23,24)(H2,20,21,22);1H. The number of halogens is 1. The Morgan fingerprint density at radius 3 is 2.60 bits per heavy atom. The third kappa shape index (κ3) is 9.97. The first-order chi connectivity index (χ1) is 11.4. The van der Waals surface area contributed by atoms with Crippen LogP contribution in [0, 0.1) is 18.3 Å². The lowest BCUT2D eigenvalue weighted by Gasteiger charge is -2.18. The van der Waals surface area contributed by atoms with E-state index in [4.69, 9.17) is 6.42 Å². The van der Waals surface area contributed by atoms with Gasteiger partial charge in [0.2, 0.25) is 5.91 Å². The molecule has 0 aliphatic heterocycles. The monoisotopic (exact) mass is 456 g/mol. The normalized spacial score (nSPS) is 11.9. The van der Waals surface area contributed by atoms with E-state index in [0.29, 0.717) is 23.6 Å². The predicted molar refractivity (Wildman–Crippen MR) is 116 cm³/mol. The highest BCUT2D eigenvalue weighted by Gasteiger charge is 2.08. The molecule has 0 heterocycles. The topological polar surface area (TPSA) is 65.5 Å². The molecule has 25 heavy (non-hydrogen) atoms. The fourth-order valence-electron chi connectivity index (χ4n) is 2.14. The average molecular weight is 456 g/mol. The maximum Gasteiger partial charge on any atom is 0.243 e. The molecule has 0 aliphatic carbocycles. The summed E-state index contributed by atoms with van der Waals surface area (Å²) in [4.78, 5) is 16.2. The number of anilines is 1. The van der Waals surface area contributed by atoms with Crippen LogP contribution < -0.4 is 16.0 Å². The van der Waals surface area contributed by atoms with Crippen molar-refractivity contribution >= 4 is 41.5 Å². The molecule has 6 heteroatoms. The van der Waals surface area contributed by atoms with Crippen LogP contribution in [-0.2, 0) is 4.79 Å². The minimum atomic E-state index is -0.151. The van der Waals surface area contributed by atoms with Gasteiger partial charge in [-0.3, -0.25) is 9.79 Å². The Labute approximate surface area is 168 Å². The lowest BCUT2D eigenvalue weighted by molar-refractivity contribution is -0.115. The lowest BCUT2D eigenvalue weighted by Crippen LogP contribution is -2.45. The number of nitrogens with one attached hydrogen (secondary N) is 3. The maximum atomic E-state index is 12.0. The number of nitrogens with zero attached hydrogens (tertiary/aromatic N) is 1. The maximum absolute atomic E-state index is 12.0. The van der Waals surface area contributed by atoms with Gasteiger partial charge < -0.3 is 16.0 Å². The van der Waals surface area contributed by atoms with Crippen molar-refractivity contribution < 1.29 is 4.79 Å². The second-order valence-corrected chi connectivity index (χ2v) is 6.22. The van der Waals surface area contributed by atoms with Gasteiger partial charge in [0.1, 0.15) is 0 Å². The zero-order valence-corrected chi connectivity index (χ0v) is 17.8. The van der Waals surface area contributed by atoms with Crippen LogP contribution in [0.25, 0.3) is 0 Å². The molecule has 0 aromatic heterocycles. The number of carbonyl (C=O) groups is 1. The number of carbonyl (C=O) groups excluding carboxylic acids is 1. The fraction of sp³-hybridized carbons (Fsp3) is 0.474. The van der Waals surface area contributed by atoms with E-state index in [-0.39, 0.29) is 36.4 Å². The molecule has 1 aromatic rings. The Hall–Kier alpha value is -1.75. The minimum Gasteiger partial charge on any atom is -0.354 e. The number of rotatable bonds is 7. The number of hydrogen-bond donors (Lipinski definition) is 3. The largest absolute Gasteiger partial charge is 0.354 e. The van der Waals surface area contributed by atoms with Gasteiger partial charge >= 0.3 is 0 Å². The SMILES string of the molecule is C#Cc1cccc(NC(=O)CNC(=NC)NC(C)CCC(C)C)c1.I. The van der Waals surface area contributed by atoms with E-state index >= 15 is 0 Å². The Bertz CT molecular complexity index is 608. The molecule has 0 saturated carbocycles. The van der Waals surface area contributed by atoms with Gasteiger partial charge in [0.05, 0.1) is 6.54 Å². The Morgan fingerprint density at radius 1 is 1.28 bits per heavy atom. The van der Waals surface area contributed by atoms with Crippen LogP contribution in [0.4, 0.5) is 5.69 Å². The zero-order valence-electron chi connectivity index (χ0n) is 15.4. The summed E-state index contributed by atoms with van der Waals surface area (Å²) < 4.78 is 0. The van der Waals surface area contributed by atoms with Crippen LogP contribution >= 0.6 is 24.0 Å². The number of amides is 1. The number of guanidine groups is 1. The van der Waals surface area contributed by atoms with Crippen molar-refractivity contribution in [2.24, 2.45) is 10.9 Å². The summed E-state index contributed by atoms with van der Waals surface area (Å²) in [5.41, 5.74) is 1.42. The number of benzene rings is 1. The van der Waals surface area contributed by atoms with Crippen molar-refractivity contribution in [3.8, 4) is 12.3 Å². The van der Waals surface area contributed by atoms with E-state index < -0.39 is 0 Å². The van der Waals surface area contributed by atoms with Crippen LogP contribution in [0.15, 0.2) is 29.3 Å². The second-order valence-electron chi connectivity index (χ2n) is 6.22. The summed E-state index contributed by atoms with van der Waals surface area (Å²) in [6.07, 6.45) is 7.57. The summed E-state index contributed by atoms with van der Waals surface area (Å²) in [6, 6.07) is 7.50. The third-order valence-electron chi connectivity index (χ3n) is 3.51. The molecule has 1 rings (SSSR count). The number of terminal acetylenes is 1. The molecule has 0 aliphatic rings. The molecule has 138 valence electrons. The lowest BCUT2D eigenvalue weighted by atomic mass is 10.0. The molecule has 0 fully saturated rings. The summed E-state index contributed by atoms with van der Waals surface area (Å²) in [5, 5.41) is 9.12. The zero-order chi connectivity index (χ0) is 17.9. The molecule has 3 N–H and O–H groups in total. The van der Waals surface area contributed by atoms with Crippen molar-refractivity contribution in [3.63, 3.8) is 0 Å². The average Bonchev–Trinajstić information content (AvgIpc) is 2.56. The van der Waals surface area contributed by atoms with Gasteiger partial charge in [0, 0.05) is 24.3 Å². The van der Waals surface area contributed by atoms with Crippen LogP contribution in [0.3, 0.4) is 0 Å². The van der Waals surface area contributed by atoms with Crippen molar-refractivity contribution in [1.29, 1.82) is 0 Å². The first-order valence-corrected chi connectivity index (χ1v) is 8.28. The van der Waals surface area contributed by atoms with Gasteiger partial charge in [-0.2, -0.15) is 0 Å². The second kappa shape index (κ2) is 12.6. The van der Waals surface area contributed by atoms with Crippen LogP contribution in [0.5, 0.6) is 0 Å². The van der Waals surface area contributed by atoms with Gasteiger partial charge in [-0.15, -0.1) is 30.4 Å². The summed E-state index contributed by atoms with van der Waals surface area (Å²) in [7, 11) is 1.69. The van der Waals surface area contributed by atoms with E-state index in [1.165, 1.54) is 0 Å². The summed E-state index contributed by atoms with van der Waals surface area (Å²) >= 11 is 0. The molecule has 0 spiro atoms. The summed E-state index contributed by atoms with van der Waals surface area (Å²) in [6.45, 7) is 6.66. The molecule has 0 saturated heterocycles. The van der Waals surface area contributed by atoms with Crippen LogP contribution in [0.1, 0.15) is 39.2 Å². The fourth-order valence-corrected chi connectivity index (χ4v) is 2.14. The quantitative estimate of drug-likeness (QED) is 0.256. The van der Waals surface area contributed by atoms with Crippen molar-refractivity contribution in [1.82, 2.24) is 10.6 Å². The number of aliphatic imine (C=N–C) groups is 1. The van der Waals surface area contributed by atoms with Gasteiger partial charge in [0.25, 0.3) is 0 Å². The van der Waals surface area contributed by atoms with E-state index in [1.807, 2.05) is 12.1 Å². The molecule has 1 unspecified atom stereocenters. The summed E-state index contributed by atoms with van der Waals surface area (Å²) in [5.74, 6) is 3.69. The molecule has 0 radical (unpaired) electrons. The highest BCUT2D eigenvalue weighted by Crippen LogP contribution is 2.09. The number of hydrogen-bond acceptors (Lipinski definition) is 2. The smallest absolute Gasteiger partial charge is 0.243 e. The van der Waals surface area contributed by atoms with Crippen molar-refractivity contribution in [2.75, 3.05) is 18.9 Å². The highest BCUT2D eigenvalue weighted by molar-refractivity contribution is 14.0. The van der Waals surface area contributed by atoms with Crippen molar-refractivity contribution in [2.45, 2.75) is 39.7 Å². The molecule has 5 nitrogen and oxygen atoms in total. The first kappa shape index (κ1) is 23.2. The molecule has 1 aromatic carbocycles. The Kier molecular flexibility index (Phi) is 11.7.